The van der Waals surface area contributed by atoms with E-state index in [0.717, 1.165) is 19.4 Å². The van der Waals surface area contributed by atoms with E-state index in [9.17, 15) is 4.79 Å². The fraction of sp³-hybridized carbons (Fsp3) is 0.929. The van der Waals surface area contributed by atoms with E-state index in [0.29, 0.717) is 11.8 Å². The summed E-state index contributed by atoms with van der Waals surface area (Å²) in [7, 11) is 0. The summed E-state index contributed by atoms with van der Waals surface area (Å²) in [5.41, 5.74) is 0. The maximum Gasteiger partial charge on any atom is 0.249 e. The first-order valence-corrected chi connectivity index (χ1v) is 6.91. The lowest BCUT2D eigenvalue weighted by Gasteiger charge is -2.18. The van der Waals surface area contributed by atoms with Crippen molar-refractivity contribution in [3.63, 3.8) is 0 Å². The Hall–Kier alpha value is -0.570. The summed E-state index contributed by atoms with van der Waals surface area (Å²) in [5, 5.41) is 3.02. The lowest BCUT2D eigenvalue weighted by molar-refractivity contribution is -0.132. The summed E-state index contributed by atoms with van der Waals surface area (Å²) in [4.78, 5) is 11.8. The van der Waals surface area contributed by atoms with Crippen molar-refractivity contribution in [3.8, 4) is 0 Å². The van der Waals surface area contributed by atoms with Crippen LogP contribution < -0.4 is 5.32 Å². The number of ether oxygens (including phenoxy) is 1. The average molecular weight is 241 g/mol. The summed E-state index contributed by atoms with van der Waals surface area (Å²) in [6.07, 6.45) is 4.41. The molecule has 3 nitrogen and oxygen atoms in total. The number of hydrogen-bond acceptors (Lipinski definition) is 2. The second kappa shape index (κ2) is 7.00. The van der Waals surface area contributed by atoms with Crippen LogP contribution in [0.3, 0.4) is 0 Å². The van der Waals surface area contributed by atoms with Crippen molar-refractivity contribution in [3.05, 3.63) is 0 Å². The lowest BCUT2D eigenvalue weighted by Crippen LogP contribution is -2.40. The van der Waals surface area contributed by atoms with Gasteiger partial charge in [-0.3, -0.25) is 4.79 Å². The fourth-order valence-corrected chi connectivity index (χ4v) is 1.66. The van der Waals surface area contributed by atoms with Gasteiger partial charge in [0, 0.05) is 6.04 Å². The number of amides is 1. The molecule has 1 N–H and O–H groups in total. The first-order valence-electron chi connectivity index (χ1n) is 6.91. The Kier molecular flexibility index (Phi) is 5.96. The zero-order valence-electron chi connectivity index (χ0n) is 11.7. The molecule has 3 heteroatoms. The highest BCUT2D eigenvalue weighted by Crippen LogP contribution is 2.29. The quantitative estimate of drug-likeness (QED) is 0.709. The second-order valence-electron chi connectivity index (χ2n) is 5.80. The predicted molar refractivity (Wildman–Crippen MR) is 69.8 cm³/mol. The fourth-order valence-electron chi connectivity index (χ4n) is 1.66. The zero-order valence-corrected chi connectivity index (χ0v) is 11.7. The van der Waals surface area contributed by atoms with Crippen LogP contribution in [0.15, 0.2) is 0 Å². The number of carbonyl (C=O) groups is 1. The third-order valence-corrected chi connectivity index (χ3v) is 3.21. The number of carbonyl (C=O) groups excluding carboxylic acids is 1. The van der Waals surface area contributed by atoms with Crippen LogP contribution in [0.5, 0.6) is 0 Å². The minimum atomic E-state index is -0.308. The molecule has 0 spiro atoms. The Morgan fingerprint density at radius 2 is 1.88 bits per heavy atom. The van der Waals surface area contributed by atoms with Crippen LogP contribution in [0.2, 0.25) is 0 Å². The third-order valence-electron chi connectivity index (χ3n) is 3.21. The van der Waals surface area contributed by atoms with E-state index < -0.39 is 0 Å². The summed E-state index contributed by atoms with van der Waals surface area (Å²) in [6, 6.07) is 0.247. The molecule has 1 rings (SSSR count). The van der Waals surface area contributed by atoms with Crippen LogP contribution in [0.4, 0.5) is 0 Å². The van der Waals surface area contributed by atoms with E-state index >= 15 is 0 Å². The van der Waals surface area contributed by atoms with Gasteiger partial charge < -0.3 is 10.1 Å². The maximum absolute atomic E-state index is 11.8. The summed E-state index contributed by atoms with van der Waals surface area (Å²) in [6.45, 7) is 9.06. The Morgan fingerprint density at radius 3 is 2.41 bits per heavy atom. The molecule has 0 bridgehead atoms. The van der Waals surface area contributed by atoms with Gasteiger partial charge in [0.15, 0.2) is 0 Å². The van der Waals surface area contributed by atoms with E-state index in [-0.39, 0.29) is 18.1 Å². The molecule has 17 heavy (non-hydrogen) atoms. The monoisotopic (exact) mass is 241 g/mol. The van der Waals surface area contributed by atoms with Crippen molar-refractivity contribution in [1.82, 2.24) is 5.32 Å². The standard InChI is InChI=1S/C14H27NO2/c1-10(2)5-6-11(3)15-14(16)12(4)17-9-13-7-8-13/h10-13H,5-9H2,1-4H3,(H,15,16). The van der Waals surface area contributed by atoms with Crippen molar-refractivity contribution in [2.24, 2.45) is 11.8 Å². The van der Waals surface area contributed by atoms with Crippen LogP contribution in [-0.4, -0.2) is 24.7 Å². The Bertz CT molecular complexity index is 236. The lowest BCUT2D eigenvalue weighted by atomic mass is 10.0. The van der Waals surface area contributed by atoms with E-state index in [1.807, 2.05) is 6.92 Å². The summed E-state index contributed by atoms with van der Waals surface area (Å²) in [5.74, 6) is 1.43. The third kappa shape index (κ3) is 6.67. The number of hydrogen-bond donors (Lipinski definition) is 1. The highest BCUT2D eigenvalue weighted by molar-refractivity contribution is 5.80. The van der Waals surface area contributed by atoms with Gasteiger partial charge in [0.25, 0.3) is 0 Å². The van der Waals surface area contributed by atoms with E-state index in [1.54, 1.807) is 0 Å². The van der Waals surface area contributed by atoms with Gasteiger partial charge in [0.2, 0.25) is 5.91 Å². The van der Waals surface area contributed by atoms with Crippen LogP contribution >= 0.6 is 0 Å². The molecule has 0 aromatic heterocycles. The molecule has 100 valence electrons. The maximum atomic E-state index is 11.8. The number of rotatable bonds is 8. The molecule has 0 saturated heterocycles. The van der Waals surface area contributed by atoms with Gasteiger partial charge in [-0.15, -0.1) is 0 Å². The van der Waals surface area contributed by atoms with E-state index in [4.69, 9.17) is 4.74 Å². The predicted octanol–water partition coefficient (Wildman–Crippen LogP) is 2.74. The molecule has 0 aromatic carbocycles. The second-order valence-corrected chi connectivity index (χ2v) is 5.80. The Labute approximate surface area is 105 Å². The minimum Gasteiger partial charge on any atom is -0.368 e. The van der Waals surface area contributed by atoms with Crippen molar-refractivity contribution < 1.29 is 9.53 Å². The molecule has 0 aliphatic heterocycles. The smallest absolute Gasteiger partial charge is 0.249 e. The first-order chi connectivity index (χ1) is 7.99. The molecular formula is C14H27NO2. The first kappa shape index (κ1) is 14.5. The van der Waals surface area contributed by atoms with Gasteiger partial charge in [-0.25, -0.2) is 0 Å². The highest BCUT2D eigenvalue weighted by Gasteiger charge is 2.24. The van der Waals surface area contributed by atoms with Crippen LogP contribution in [0.1, 0.15) is 53.4 Å². The minimum absolute atomic E-state index is 0.0295. The molecule has 0 heterocycles. The number of nitrogens with one attached hydrogen (secondary N) is 1. The Morgan fingerprint density at radius 1 is 1.24 bits per heavy atom. The van der Waals surface area contributed by atoms with Crippen molar-refractivity contribution >= 4 is 5.91 Å². The molecule has 1 fully saturated rings. The van der Waals surface area contributed by atoms with E-state index in [1.165, 1.54) is 12.8 Å². The summed E-state index contributed by atoms with van der Waals surface area (Å²) >= 11 is 0. The molecule has 0 radical (unpaired) electrons. The van der Waals surface area contributed by atoms with Crippen LogP contribution in [0.25, 0.3) is 0 Å². The molecule has 1 aliphatic carbocycles. The zero-order chi connectivity index (χ0) is 12.8. The Balaban J connectivity index is 2.12. The molecule has 1 aliphatic rings. The molecule has 2 unspecified atom stereocenters. The van der Waals surface area contributed by atoms with Crippen LogP contribution in [0, 0.1) is 11.8 Å². The van der Waals surface area contributed by atoms with Gasteiger partial charge >= 0.3 is 0 Å². The van der Waals surface area contributed by atoms with Gasteiger partial charge in [0.1, 0.15) is 6.10 Å². The topological polar surface area (TPSA) is 38.3 Å². The van der Waals surface area contributed by atoms with Gasteiger partial charge in [0.05, 0.1) is 6.61 Å². The summed E-state index contributed by atoms with van der Waals surface area (Å²) < 4.78 is 5.54. The van der Waals surface area contributed by atoms with Crippen LogP contribution in [-0.2, 0) is 9.53 Å². The largest absolute Gasteiger partial charge is 0.368 e. The van der Waals surface area contributed by atoms with Gasteiger partial charge in [-0.05, 0) is 51.4 Å². The highest BCUT2D eigenvalue weighted by atomic mass is 16.5. The van der Waals surface area contributed by atoms with Crippen molar-refractivity contribution in [1.29, 1.82) is 0 Å². The van der Waals surface area contributed by atoms with Gasteiger partial charge in [-0.1, -0.05) is 13.8 Å². The van der Waals surface area contributed by atoms with Crippen molar-refractivity contribution in [2.75, 3.05) is 6.61 Å². The molecule has 2 atom stereocenters. The van der Waals surface area contributed by atoms with Crippen molar-refractivity contribution in [2.45, 2.75) is 65.5 Å². The van der Waals surface area contributed by atoms with Gasteiger partial charge in [-0.2, -0.15) is 0 Å². The molecule has 1 saturated carbocycles. The normalized spacial score (nSPS) is 19.1. The molecular weight excluding hydrogens is 214 g/mol. The SMILES string of the molecule is CC(C)CCC(C)NC(=O)C(C)OCC1CC1. The molecule has 1 amide bonds. The average Bonchev–Trinajstić information content (AvgIpc) is 3.06. The molecule has 0 aromatic rings. The van der Waals surface area contributed by atoms with E-state index in [2.05, 4.69) is 26.1 Å².